The fraction of sp³-hybridized carbons (Fsp3) is 0.333. The van der Waals surface area contributed by atoms with Crippen LogP contribution in [0.3, 0.4) is 0 Å². The fourth-order valence-electron chi connectivity index (χ4n) is 1.32. The molecule has 98 valence electrons. The van der Waals surface area contributed by atoms with E-state index in [1.54, 1.807) is 18.2 Å². The van der Waals surface area contributed by atoms with E-state index >= 15 is 0 Å². The van der Waals surface area contributed by atoms with Gasteiger partial charge in [-0.2, -0.15) is 0 Å². The second-order valence-corrected chi connectivity index (χ2v) is 3.54. The van der Waals surface area contributed by atoms with Crippen LogP contribution in [0.15, 0.2) is 18.2 Å². The summed E-state index contributed by atoms with van der Waals surface area (Å²) in [6.07, 6.45) is -0.104. The van der Waals surface area contributed by atoms with Crippen molar-refractivity contribution < 1.29 is 24.2 Å². The molecule has 0 aromatic heterocycles. The number of amides is 1. The van der Waals surface area contributed by atoms with Crippen LogP contribution in [0.25, 0.3) is 0 Å². The summed E-state index contributed by atoms with van der Waals surface area (Å²) in [7, 11) is 1.48. The van der Waals surface area contributed by atoms with E-state index in [0.717, 1.165) is 0 Å². The summed E-state index contributed by atoms with van der Waals surface area (Å²) in [5.74, 6) is -0.261. The van der Waals surface area contributed by atoms with Gasteiger partial charge in [0.05, 0.1) is 20.1 Å². The number of hydrogen-bond acceptors (Lipinski definition) is 4. The summed E-state index contributed by atoms with van der Waals surface area (Å²) in [5, 5.41) is 11.1. The Kier molecular flexibility index (Phi) is 4.98. The maximum absolute atomic E-state index is 10.9. The summed E-state index contributed by atoms with van der Waals surface area (Å²) in [6.45, 7) is 1.43. The van der Waals surface area contributed by atoms with Gasteiger partial charge in [0.1, 0.15) is 0 Å². The number of carbonyl (C=O) groups excluding carboxylic acids is 1. The third-order valence-corrected chi connectivity index (χ3v) is 2.06. The van der Waals surface area contributed by atoms with Crippen molar-refractivity contribution in [3.63, 3.8) is 0 Å². The number of aliphatic carboxylic acids is 1. The molecule has 1 aromatic carbocycles. The molecule has 0 saturated heterocycles. The van der Waals surface area contributed by atoms with Crippen LogP contribution in [-0.2, 0) is 9.59 Å². The third kappa shape index (κ3) is 4.32. The number of carboxylic acids is 1. The van der Waals surface area contributed by atoms with Crippen LogP contribution in [0.5, 0.6) is 11.5 Å². The highest BCUT2D eigenvalue weighted by molar-refractivity contribution is 5.89. The Morgan fingerprint density at radius 1 is 1.33 bits per heavy atom. The highest BCUT2D eigenvalue weighted by Gasteiger charge is 2.07. The van der Waals surface area contributed by atoms with Crippen molar-refractivity contribution in [2.24, 2.45) is 0 Å². The number of rotatable bonds is 6. The van der Waals surface area contributed by atoms with E-state index in [0.29, 0.717) is 17.2 Å². The van der Waals surface area contributed by atoms with Crippen LogP contribution >= 0.6 is 0 Å². The van der Waals surface area contributed by atoms with Gasteiger partial charge in [-0.15, -0.1) is 0 Å². The largest absolute Gasteiger partial charge is 0.493 e. The minimum absolute atomic E-state index is 0.0369. The first-order chi connectivity index (χ1) is 8.52. The molecule has 6 nitrogen and oxygen atoms in total. The normalized spacial score (nSPS) is 9.67. The highest BCUT2D eigenvalue weighted by Crippen LogP contribution is 2.30. The Bertz CT molecular complexity index is 444. The topological polar surface area (TPSA) is 84.9 Å². The summed E-state index contributed by atoms with van der Waals surface area (Å²) in [6, 6.07) is 4.90. The number of carboxylic acid groups (broad SMARTS) is 1. The second kappa shape index (κ2) is 6.48. The van der Waals surface area contributed by atoms with Crippen LogP contribution in [0, 0.1) is 0 Å². The smallest absolute Gasteiger partial charge is 0.306 e. The van der Waals surface area contributed by atoms with Gasteiger partial charge in [0.2, 0.25) is 5.91 Å². The average Bonchev–Trinajstić information content (AvgIpc) is 2.28. The van der Waals surface area contributed by atoms with E-state index in [4.69, 9.17) is 14.6 Å². The Balaban J connectivity index is 2.78. The monoisotopic (exact) mass is 253 g/mol. The zero-order chi connectivity index (χ0) is 13.5. The van der Waals surface area contributed by atoms with Crippen molar-refractivity contribution in [3.05, 3.63) is 18.2 Å². The molecular weight excluding hydrogens is 238 g/mol. The van der Waals surface area contributed by atoms with Crippen molar-refractivity contribution in [2.75, 3.05) is 19.0 Å². The molecule has 0 aliphatic carbocycles. The Morgan fingerprint density at radius 2 is 2.06 bits per heavy atom. The van der Waals surface area contributed by atoms with Gasteiger partial charge in [-0.05, 0) is 12.1 Å². The molecule has 0 heterocycles. The standard InChI is InChI=1S/C12H15NO5/c1-8(14)13-9-3-4-10(17-2)11(7-9)18-6-5-12(15)16/h3-4,7H,5-6H2,1-2H3,(H,13,14)(H,15,16). The van der Waals surface area contributed by atoms with Crippen LogP contribution in [0.2, 0.25) is 0 Å². The number of methoxy groups -OCH3 is 1. The molecule has 0 atom stereocenters. The minimum Gasteiger partial charge on any atom is -0.493 e. The van der Waals surface area contributed by atoms with Gasteiger partial charge in [0.25, 0.3) is 0 Å². The first-order valence-corrected chi connectivity index (χ1v) is 5.33. The third-order valence-electron chi connectivity index (χ3n) is 2.06. The summed E-state index contributed by atoms with van der Waals surface area (Å²) >= 11 is 0. The van der Waals surface area contributed by atoms with Crippen LogP contribution in [-0.4, -0.2) is 30.7 Å². The molecule has 1 amide bonds. The Morgan fingerprint density at radius 3 is 2.61 bits per heavy atom. The number of anilines is 1. The average molecular weight is 253 g/mol. The van der Waals surface area contributed by atoms with E-state index in [2.05, 4.69) is 5.32 Å². The molecule has 0 bridgehead atoms. The van der Waals surface area contributed by atoms with Gasteiger partial charge in [0, 0.05) is 18.7 Å². The van der Waals surface area contributed by atoms with Crippen molar-refractivity contribution in [2.45, 2.75) is 13.3 Å². The van der Waals surface area contributed by atoms with E-state index in [1.165, 1.54) is 14.0 Å². The lowest BCUT2D eigenvalue weighted by Crippen LogP contribution is -2.08. The number of benzene rings is 1. The van der Waals surface area contributed by atoms with E-state index in [9.17, 15) is 9.59 Å². The Labute approximate surface area is 105 Å². The lowest BCUT2D eigenvalue weighted by Gasteiger charge is -2.11. The molecule has 18 heavy (non-hydrogen) atoms. The lowest BCUT2D eigenvalue weighted by atomic mass is 10.2. The van der Waals surface area contributed by atoms with Crippen molar-refractivity contribution in [1.82, 2.24) is 0 Å². The summed E-state index contributed by atoms with van der Waals surface area (Å²) < 4.78 is 10.4. The number of carbonyl (C=O) groups is 2. The van der Waals surface area contributed by atoms with Crippen LogP contribution < -0.4 is 14.8 Å². The number of nitrogens with one attached hydrogen (secondary N) is 1. The molecule has 0 unspecified atom stereocenters. The van der Waals surface area contributed by atoms with E-state index in [-0.39, 0.29) is 18.9 Å². The highest BCUT2D eigenvalue weighted by atomic mass is 16.5. The molecular formula is C12H15NO5. The van der Waals surface area contributed by atoms with Gasteiger partial charge in [0.15, 0.2) is 11.5 Å². The van der Waals surface area contributed by atoms with Crippen molar-refractivity contribution in [1.29, 1.82) is 0 Å². The molecule has 0 aliphatic heterocycles. The fourth-order valence-corrected chi connectivity index (χ4v) is 1.32. The number of hydrogen-bond donors (Lipinski definition) is 2. The maximum Gasteiger partial charge on any atom is 0.306 e. The van der Waals surface area contributed by atoms with Crippen LogP contribution in [0.1, 0.15) is 13.3 Å². The first kappa shape index (κ1) is 13.8. The van der Waals surface area contributed by atoms with Crippen molar-refractivity contribution >= 4 is 17.6 Å². The SMILES string of the molecule is COc1ccc(NC(C)=O)cc1OCCC(=O)O. The Hall–Kier alpha value is -2.24. The lowest BCUT2D eigenvalue weighted by molar-refractivity contribution is -0.137. The zero-order valence-corrected chi connectivity index (χ0v) is 10.2. The molecule has 0 saturated carbocycles. The maximum atomic E-state index is 10.9. The molecule has 6 heteroatoms. The molecule has 2 N–H and O–H groups in total. The molecule has 0 radical (unpaired) electrons. The van der Waals surface area contributed by atoms with Crippen LogP contribution in [0.4, 0.5) is 5.69 Å². The van der Waals surface area contributed by atoms with Gasteiger partial charge >= 0.3 is 5.97 Å². The zero-order valence-electron chi connectivity index (χ0n) is 10.2. The minimum atomic E-state index is -0.938. The molecule has 0 fully saturated rings. The van der Waals surface area contributed by atoms with Crippen molar-refractivity contribution in [3.8, 4) is 11.5 Å². The molecule has 0 aliphatic rings. The van der Waals surface area contributed by atoms with E-state index < -0.39 is 5.97 Å². The van der Waals surface area contributed by atoms with Gasteiger partial charge in [-0.3, -0.25) is 9.59 Å². The van der Waals surface area contributed by atoms with Gasteiger partial charge in [-0.1, -0.05) is 0 Å². The first-order valence-electron chi connectivity index (χ1n) is 5.33. The molecule has 1 aromatic rings. The second-order valence-electron chi connectivity index (χ2n) is 3.54. The summed E-state index contributed by atoms with van der Waals surface area (Å²) in [4.78, 5) is 21.3. The molecule has 0 spiro atoms. The number of ether oxygens (including phenoxy) is 2. The van der Waals surface area contributed by atoms with E-state index in [1.807, 2.05) is 0 Å². The summed E-state index contributed by atoms with van der Waals surface area (Å²) in [5.41, 5.74) is 0.564. The predicted molar refractivity (Wildman–Crippen MR) is 65.0 cm³/mol. The quantitative estimate of drug-likeness (QED) is 0.802. The van der Waals surface area contributed by atoms with Gasteiger partial charge < -0.3 is 19.9 Å². The predicted octanol–water partition coefficient (Wildman–Crippen LogP) is 1.51. The molecule has 1 rings (SSSR count). The van der Waals surface area contributed by atoms with Gasteiger partial charge in [-0.25, -0.2) is 0 Å².